The molecule has 1 radical (unpaired) electrons. The minimum absolute atomic E-state index is 0. The molecule has 0 saturated carbocycles. The zero-order valence-corrected chi connectivity index (χ0v) is 28.0. The Labute approximate surface area is 286 Å². The van der Waals surface area contributed by atoms with Crippen LogP contribution in [0.4, 0.5) is 17.3 Å². The Bertz CT molecular complexity index is 1490. The standard InChI is InChI=1S/C18H15P.C9H9BN6.2C2H3N.BF4.Ru/c1-4-10-16(11-5-1)19(17-12-6-2-7-13-17)18-14-8-3-9-15-18;1-4-11-14(7-1)10(15-8-2-5-12-15)16-9-3-6-13-16;2*1-2-3;2-1(3,4)5;/h1-15H;1-9H;2*1H3;;/q;-1;;;-1;+2. The van der Waals surface area contributed by atoms with Gasteiger partial charge in [-0.2, -0.15) is 10.5 Å². The summed E-state index contributed by atoms with van der Waals surface area (Å²) in [5, 5.41) is 31.5. The van der Waals surface area contributed by atoms with Crippen molar-refractivity contribution in [3.05, 3.63) is 146 Å². The summed E-state index contributed by atoms with van der Waals surface area (Å²) in [4.78, 5) is 0. The molecule has 3 aromatic heterocycles. The molecule has 0 atom stereocenters. The van der Waals surface area contributed by atoms with Gasteiger partial charge in [0.05, 0.1) is 12.1 Å². The number of hydrogen-bond acceptors (Lipinski definition) is 5. The van der Waals surface area contributed by atoms with Gasteiger partial charge in [-0.15, -0.1) is 0 Å². The van der Waals surface area contributed by atoms with E-state index in [4.69, 9.17) is 10.5 Å². The Morgan fingerprint density at radius 1 is 0.553 bits per heavy atom. The number of benzene rings is 3. The number of nitriles is 2. The monoisotopic (exact) mass is 745 g/mol. The number of nitrogens with zero attached hydrogens (tertiary/aromatic N) is 8. The van der Waals surface area contributed by atoms with Crippen molar-refractivity contribution in [3.63, 3.8) is 0 Å². The van der Waals surface area contributed by atoms with E-state index in [-0.39, 0.29) is 26.6 Å². The Balaban J connectivity index is 0.000000356. The molecular formula is C31H30B2F4N8PRu. The second kappa shape index (κ2) is 22.6. The average Bonchev–Trinajstić information content (AvgIpc) is 3.86. The summed E-state index contributed by atoms with van der Waals surface area (Å²) >= 11 is 0. The van der Waals surface area contributed by atoms with Gasteiger partial charge in [0.2, 0.25) is 0 Å². The fourth-order valence-electron chi connectivity index (χ4n) is 3.79. The molecule has 0 spiro atoms. The van der Waals surface area contributed by atoms with Crippen molar-refractivity contribution in [2.45, 2.75) is 13.8 Å². The summed E-state index contributed by atoms with van der Waals surface area (Å²) in [5.74, 6) is 0. The molecule has 6 rings (SSSR count). The molecule has 0 unspecified atom stereocenters. The summed E-state index contributed by atoms with van der Waals surface area (Å²) in [5.41, 5.74) is 0. The van der Waals surface area contributed by atoms with Crippen LogP contribution in [-0.4, -0.2) is 43.4 Å². The number of aromatic nitrogens is 6. The largest absolute Gasteiger partial charge is 2.00 e. The summed E-state index contributed by atoms with van der Waals surface area (Å²) < 4.78 is 44.4. The third kappa shape index (κ3) is 15.3. The van der Waals surface area contributed by atoms with Crippen molar-refractivity contribution in [1.29, 1.82) is 10.5 Å². The van der Waals surface area contributed by atoms with Gasteiger partial charge in [-0.3, -0.25) is 0 Å². The second-order valence-electron chi connectivity index (χ2n) is 8.59. The molecule has 6 aromatic rings. The zero-order valence-electron chi connectivity index (χ0n) is 25.4. The molecule has 0 fully saturated rings. The van der Waals surface area contributed by atoms with Gasteiger partial charge in [0, 0.05) is 32.4 Å². The van der Waals surface area contributed by atoms with Crippen LogP contribution in [0.1, 0.15) is 13.8 Å². The van der Waals surface area contributed by atoms with E-state index in [1.807, 2.05) is 36.8 Å². The van der Waals surface area contributed by atoms with Crippen molar-refractivity contribution in [2.75, 3.05) is 0 Å². The topological polar surface area (TPSA) is 101 Å². The minimum Gasteiger partial charge on any atom is -0.425 e. The van der Waals surface area contributed by atoms with E-state index >= 15 is 0 Å². The van der Waals surface area contributed by atoms with E-state index in [1.54, 1.807) is 44.5 Å². The molecule has 0 aliphatic rings. The molecule has 0 saturated heterocycles. The van der Waals surface area contributed by atoms with E-state index in [1.165, 1.54) is 29.8 Å². The van der Waals surface area contributed by atoms with Gasteiger partial charge in [0.1, 0.15) is 0 Å². The van der Waals surface area contributed by atoms with Gasteiger partial charge in [-0.25, -0.2) is 15.3 Å². The molecule has 3 aromatic carbocycles. The van der Waals surface area contributed by atoms with Gasteiger partial charge in [-0.05, 0) is 60.6 Å². The Morgan fingerprint density at radius 2 is 0.787 bits per heavy atom. The van der Waals surface area contributed by atoms with E-state index in [0.717, 1.165) is 0 Å². The molecule has 8 nitrogen and oxygen atoms in total. The minimum atomic E-state index is -6.00. The molecule has 47 heavy (non-hydrogen) atoms. The van der Waals surface area contributed by atoms with Gasteiger partial charge in [0.25, 0.3) is 7.12 Å². The van der Waals surface area contributed by atoms with Crippen LogP contribution in [0.2, 0.25) is 0 Å². The third-order valence-electron chi connectivity index (χ3n) is 5.33. The number of rotatable bonds is 6. The third-order valence-corrected chi connectivity index (χ3v) is 7.77. The fraction of sp³-hybridized carbons (Fsp3) is 0.0645. The first kappa shape index (κ1) is 40.2. The summed E-state index contributed by atoms with van der Waals surface area (Å²) in [6.45, 7) is 2.86. The van der Waals surface area contributed by atoms with Crippen LogP contribution in [0.3, 0.4) is 0 Å². The van der Waals surface area contributed by atoms with Gasteiger partial charge in [0.15, 0.2) is 0 Å². The van der Waals surface area contributed by atoms with Crippen LogP contribution in [0.5, 0.6) is 0 Å². The van der Waals surface area contributed by atoms with Crippen molar-refractivity contribution in [1.82, 2.24) is 29.1 Å². The SMILES string of the molecule is CC#N.CC#N.F[B-](F)(F)F.[Ru+2].c1ccc(P(c2ccccc2)c2ccccc2)cc1.c1cnn([B-](n2cccn2)n2cccn2)c1. The predicted molar refractivity (Wildman–Crippen MR) is 177 cm³/mol. The van der Waals surface area contributed by atoms with Crippen molar-refractivity contribution in [3.8, 4) is 12.1 Å². The van der Waals surface area contributed by atoms with E-state index in [9.17, 15) is 17.3 Å². The smallest absolute Gasteiger partial charge is 0.425 e. The number of hydrogen-bond donors (Lipinski definition) is 0. The maximum absolute atomic E-state index is 9.75. The van der Waals surface area contributed by atoms with Crippen molar-refractivity contribution in [2.24, 2.45) is 0 Å². The first-order valence-corrected chi connectivity index (χ1v) is 15.0. The van der Waals surface area contributed by atoms with Crippen LogP contribution < -0.4 is 15.9 Å². The van der Waals surface area contributed by atoms with Crippen LogP contribution in [0.15, 0.2) is 146 Å². The van der Waals surface area contributed by atoms with E-state index in [0.29, 0.717) is 0 Å². The number of halogens is 4. The normalized spacial score (nSPS) is 9.66. The van der Waals surface area contributed by atoms with E-state index < -0.39 is 15.2 Å². The molecule has 241 valence electrons. The average molecular weight is 744 g/mol. The summed E-state index contributed by atoms with van der Waals surface area (Å²) in [6, 6.07) is 41.5. The predicted octanol–water partition coefficient (Wildman–Crippen LogP) is 6.01. The van der Waals surface area contributed by atoms with Crippen molar-refractivity contribution < 1.29 is 36.7 Å². The zero-order chi connectivity index (χ0) is 33.6. The molecule has 0 aliphatic carbocycles. The first-order chi connectivity index (χ1) is 22.2. The summed E-state index contributed by atoms with van der Waals surface area (Å²) in [7, 11) is -6.64. The van der Waals surface area contributed by atoms with Crippen LogP contribution in [0, 0.1) is 22.7 Å². The van der Waals surface area contributed by atoms with Gasteiger partial charge >= 0.3 is 26.7 Å². The molecule has 0 amide bonds. The molecule has 3 heterocycles. The van der Waals surface area contributed by atoms with Crippen LogP contribution in [-0.2, 0) is 19.5 Å². The quantitative estimate of drug-likeness (QED) is 0.118. The molecular weight excluding hydrogens is 714 g/mol. The molecule has 0 aliphatic heterocycles. The maximum Gasteiger partial charge on any atom is 2.00 e. The Hall–Kier alpha value is -4.83. The molecule has 16 heteroatoms. The second-order valence-corrected chi connectivity index (χ2v) is 10.8. The van der Waals surface area contributed by atoms with Crippen LogP contribution in [0.25, 0.3) is 0 Å². The van der Waals surface area contributed by atoms with E-state index in [2.05, 4.69) is 106 Å². The Morgan fingerprint density at radius 3 is 0.979 bits per heavy atom. The Kier molecular flexibility index (Phi) is 19.4. The van der Waals surface area contributed by atoms with Gasteiger partial charge < -0.3 is 31.0 Å². The first-order valence-electron chi connectivity index (χ1n) is 13.6. The summed E-state index contributed by atoms with van der Waals surface area (Å²) in [6.07, 6.45) is 10.9. The maximum atomic E-state index is 9.75. The molecule has 0 N–H and O–H groups in total. The van der Waals surface area contributed by atoms with Crippen molar-refractivity contribution >= 4 is 38.2 Å². The molecule has 0 bridgehead atoms. The fourth-order valence-corrected chi connectivity index (χ4v) is 6.10. The van der Waals surface area contributed by atoms with Crippen LogP contribution >= 0.6 is 7.92 Å². The van der Waals surface area contributed by atoms with Gasteiger partial charge in [-0.1, -0.05) is 91.0 Å².